The van der Waals surface area contributed by atoms with Crippen LogP contribution >= 0.6 is 0 Å². The number of rotatable bonds is 6. The molecule has 1 aliphatic carbocycles. The van der Waals surface area contributed by atoms with Crippen LogP contribution in [0.2, 0.25) is 0 Å². The lowest BCUT2D eigenvalue weighted by atomic mass is 9.85. The Labute approximate surface area is 121 Å². The van der Waals surface area contributed by atoms with E-state index >= 15 is 0 Å². The predicted molar refractivity (Wildman–Crippen MR) is 80.7 cm³/mol. The first kappa shape index (κ1) is 15.0. The van der Waals surface area contributed by atoms with Crippen LogP contribution in [-0.2, 0) is 11.2 Å². The topological polar surface area (TPSA) is 49.3 Å². The Hall–Kier alpha value is -1.35. The zero-order chi connectivity index (χ0) is 14.4. The van der Waals surface area contributed by atoms with Crippen molar-refractivity contribution >= 4 is 5.97 Å². The molecule has 110 valence electrons. The number of hydrogen-bond acceptors (Lipinski definition) is 2. The number of hydrogen-bond donors (Lipinski definition) is 2. The molecule has 1 aromatic rings. The van der Waals surface area contributed by atoms with E-state index in [-0.39, 0.29) is 5.92 Å². The molecule has 3 heteroatoms. The van der Waals surface area contributed by atoms with Crippen LogP contribution in [0, 0.1) is 5.92 Å². The van der Waals surface area contributed by atoms with Crippen LogP contribution in [0.3, 0.4) is 0 Å². The van der Waals surface area contributed by atoms with Gasteiger partial charge in [-0.2, -0.15) is 0 Å². The molecular formula is C17H25NO2. The number of carbonyl (C=O) groups is 1. The standard InChI is InChI=1S/C17H25NO2/c1-13(7-8-14-5-3-2-4-6-14)18-16-11-9-15(10-12-16)17(19)20/h2-6,13,15-16,18H,7-12H2,1H3,(H,19,20). The summed E-state index contributed by atoms with van der Waals surface area (Å²) in [5.74, 6) is -0.742. The first-order valence-corrected chi connectivity index (χ1v) is 7.68. The molecule has 0 bridgehead atoms. The van der Waals surface area contributed by atoms with Crippen molar-refractivity contribution in [3.8, 4) is 0 Å². The number of aryl methyl sites for hydroxylation is 1. The summed E-state index contributed by atoms with van der Waals surface area (Å²) in [6.45, 7) is 2.23. The zero-order valence-electron chi connectivity index (χ0n) is 12.2. The maximum atomic E-state index is 10.9. The van der Waals surface area contributed by atoms with Crippen LogP contribution in [-0.4, -0.2) is 23.2 Å². The summed E-state index contributed by atoms with van der Waals surface area (Å²) >= 11 is 0. The molecule has 1 saturated carbocycles. The molecule has 0 spiro atoms. The number of nitrogens with one attached hydrogen (secondary N) is 1. The Bertz CT molecular complexity index is 410. The third-order valence-electron chi connectivity index (χ3n) is 4.31. The SMILES string of the molecule is CC(CCc1ccccc1)NC1CCC(C(=O)O)CC1. The third kappa shape index (κ3) is 4.64. The van der Waals surface area contributed by atoms with Crippen LogP contribution in [0.1, 0.15) is 44.6 Å². The van der Waals surface area contributed by atoms with Crippen molar-refractivity contribution in [3.05, 3.63) is 35.9 Å². The third-order valence-corrected chi connectivity index (χ3v) is 4.31. The smallest absolute Gasteiger partial charge is 0.306 e. The van der Waals surface area contributed by atoms with Crippen LogP contribution in [0.5, 0.6) is 0 Å². The lowest BCUT2D eigenvalue weighted by Gasteiger charge is -2.29. The highest BCUT2D eigenvalue weighted by molar-refractivity contribution is 5.70. The second-order valence-corrected chi connectivity index (χ2v) is 5.98. The van der Waals surface area contributed by atoms with Gasteiger partial charge in [0, 0.05) is 12.1 Å². The summed E-state index contributed by atoms with van der Waals surface area (Å²) in [6.07, 6.45) is 5.85. The van der Waals surface area contributed by atoms with Gasteiger partial charge in [0.25, 0.3) is 0 Å². The average molecular weight is 275 g/mol. The first-order valence-electron chi connectivity index (χ1n) is 7.68. The Morgan fingerprint density at radius 3 is 2.50 bits per heavy atom. The fourth-order valence-corrected chi connectivity index (χ4v) is 3.02. The Balaban J connectivity index is 1.68. The van der Waals surface area contributed by atoms with Gasteiger partial charge in [-0.25, -0.2) is 0 Å². The molecule has 0 amide bonds. The minimum atomic E-state index is -0.624. The molecule has 2 rings (SSSR count). The van der Waals surface area contributed by atoms with Gasteiger partial charge in [0.1, 0.15) is 0 Å². The highest BCUT2D eigenvalue weighted by Crippen LogP contribution is 2.24. The maximum absolute atomic E-state index is 10.9. The van der Waals surface area contributed by atoms with Crippen LogP contribution in [0.15, 0.2) is 30.3 Å². The van der Waals surface area contributed by atoms with Crippen LogP contribution in [0.4, 0.5) is 0 Å². The summed E-state index contributed by atoms with van der Waals surface area (Å²) < 4.78 is 0. The quantitative estimate of drug-likeness (QED) is 0.838. The van der Waals surface area contributed by atoms with Gasteiger partial charge in [-0.1, -0.05) is 30.3 Å². The van der Waals surface area contributed by atoms with Crippen molar-refractivity contribution in [3.63, 3.8) is 0 Å². The van der Waals surface area contributed by atoms with E-state index < -0.39 is 5.97 Å². The fraction of sp³-hybridized carbons (Fsp3) is 0.588. The number of benzene rings is 1. The highest BCUT2D eigenvalue weighted by Gasteiger charge is 2.26. The van der Waals surface area contributed by atoms with Gasteiger partial charge < -0.3 is 10.4 Å². The molecule has 3 nitrogen and oxygen atoms in total. The predicted octanol–water partition coefficient (Wildman–Crippen LogP) is 3.24. The van der Waals surface area contributed by atoms with Crippen molar-refractivity contribution in [2.75, 3.05) is 0 Å². The molecule has 0 saturated heterocycles. The lowest BCUT2D eigenvalue weighted by Crippen LogP contribution is -2.40. The second-order valence-electron chi connectivity index (χ2n) is 5.98. The lowest BCUT2D eigenvalue weighted by molar-refractivity contribution is -0.142. The number of aliphatic carboxylic acids is 1. The van der Waals surface area contributed by atoms with E-state index in [0.717, 1.165) is 38.5 Å². The minimum absolute atomic E-state index is 0.118. The first-order chi connectivity index (χ1) is 9.65. The van der Waals surface area contributed by atoms with Crippen molar-refractivity contribution in [1.29, 1.82) is 0 Å². The van der Waals surface area contributed by atoms with Gasteiger partial charge in [-0.15, -0.1) is 0 Å². The van der Waals surface area contributed by atoms with E-state index in [0.29, 0.717) is 12.1 Å². The van der Waals surface area contributed by atoms with Crippen molar-refractivity contribution in [2.24, 2.45) is 5.92 Å². The Kier molecular flexibility index (Phi) is 5.60. The van der Waals surface area contributed by atoms with Crippen LogP contribution < -0.4 is 5.32 Å². The summed E-state index contributed by atoms with van der Waals surface area (Å²) in [5, 5.41) is 12.7. The molecular weight excluding hydrogens is 250 g/mol. The van der Waals surface area contributed by atoms with Crippen molar-refractivity contribution in [2.45, 2.75) is 57.5 Å². The van der Waals surface area contributed by atoms with Gasteiger partial charge in [-0.3, -0.25) is 4.79 Å². The number of carboxylic acids is 1. The molecule has 2 N–H and O–H groups in total. The van der Waals surface area contributed by atoms with E-state index in [1.54, 1.807) is 0 Å². The highest BCUT2D eigenvalue weighted by atomic mass is 16.4. The largest absolute Gasteiger partial charge is 0.481 e. The van der Waals surface area contributed by atoms with E-state index in [2.05, 4.69) is 36.5 Å². The fourth-order valence-electron chi connectivity index (χ4n) is 3.02. The molecule has 0 heterocycles. The molecule has 1 aliphatic rings. The molecule has 1 unspecified atom stereocenters. The van der Waals surface area contributed by atoms with Crippen molar-refractivity contribution in [1.82, 2.24) is 5.32 Å². The van der Waals surface area contributed by atoms with E-state index in [4.69, 9.17) is 5.11 Å². The summed E-state index contributed by atoms with van der Waals surface area (Å²) in [4.78, 5) is 10.9. The van der Waals surface area contributed by atoms with Gasteiger partial charge >= 0.3 is 5.97 Å². The summed E-state index contributed by atoms with van der Waals surface area (Å²) in [5.41, 5.74) is 1.38. The Morgan fingerprint density at radius 1 is 1.25 bits per heavy atom. The minimum Gasteiger partial charge on any atom is -0.481 e. The molecule has 0 radical (unpaired) electrons. The van der Waals surface area contributed by atoms with Crippen molar-refractivity contribution < 1.29 is 9.90 Å². The van der Waals surface area contributed by atoms with E-state index in [1.165, 1.54) is 5.56 Å². The Morgan fingerprint density at radius 2 is 1.90 bits per heavy atom. The average Bonchev–Trinajstić information content (AvgIpc) is 2.47. The second kappa shape index (κ2) is 7.44. The van der Waals surface area contributed by atoms with Gasteiger partial charge in [0.05, 0.1) is 5.92 Å². The molecule has 0 aliphatic heterocycles. The zero-order valence-corrected chi connectivity index (χ0v) is 12.2. The molecule has 1 fully saturated rings. The van der Waals surface area contributed by atoms with Gasteiger partial charge in [-0.05, 0) is 51.0 Å². The van der Waals surface area contributed by atoms with Crippen LogP contribution in [0.25, 0.3) is 0 Å². The maximum Gasteiger partial charge on any atom is 0.306 e. The summed E-state index contributed by atoms with van der Waals surface area (Å²) in [7, 11) is 0. The molecule has 20 heavy (non-hydrogen) atoms. The molecule has 1 atom stereocenters. The van der Waals surface area contributed by atoms with Gasteiger partial charge in [0.15, 0.2) is 0 Å². The number of carboxylic acid groups (broad SMARTS) is 1. The normalized spacial score (nSPS) is 24.2. The van der Waals surface area contributed by atoms with E-state index in [1.807, 2.05) is 6.07 Å². The summed E-state index contributed by atoms with van der Waals surface area (Å²) in [6, 6.07) is 11.5. The monoisotopic (exact) mass is 275 g/mol. The molecule has 0 aromatic heterocycles. The van der Waals surface area contributed by atoms with E-state index in [9.17, 15) is 4.79 Å². The van der Waals surface area contributed by atoms with Gasteiger partial charge in [0.2, 0.25) is 0 Å². The molecule has 1 aromatic carbocycles.